The second-order valence-electron chi connectivity index (χ2n) is 20.4. The molecule has 1 aliphatic heterocycles. The van der Waals surface area contributed by atoms with Crippen molar-refractivity contribution >= 4 is 56.8 Å². The average molecular weight is 863 g/mol. The molecule has 11 rings (SSSR count). The van der Waals surface area contributed by atoms with E-state index in [4.69, 9.17) is 14.1 Å². The molecular weight excluding hydrogens is 809 g/mol. The van der Waals surface area contributed by atoms with Gasteiger partial charge in [0, 0.05) is 27.7 Å². The minimum absolute atomic E-state index is 0.155. The third kappa shape index (κ3) is 6.35. The van der Waals surface area contributed by atoms with Crippen LogP contribution < -0.4 is 25.5 Å². The first-order chi connectivity index (χ1) is 31.3. The molecule has 0 N–H and O–H groups in total. The van der Waals surface area contributed by atoms with Crippen molar-refractivity contribution in [1.29, 1.82) is 0 Å². The van der Waals surface area contributed by atoms with Gasteiger partial charge >= 0.3 is 5.84 Å². The van der Waals surface area contributed by atoms with Gasteiger partial charge in [0.1, 0.15) is 17.0 Å². The number of para-hydroxylation sites is 5. The maximum absolute atomic E-state index is 7.03. The first kappa shape index (κ1) is 40.8. The van der Waals surface area contributed by atoms with Crippen molar-refractivity contribution in [2.45, 2.75) is 71.6 Å². The summed E-state index contributed by atoms with van der Waals surface area (Å²) >= 11 is 0. The van der Waals surface area contributed by atoms with Gasteiger partial charge in [-0.3, -0.25) is 4.40 Å². The van der Waals surface area contributed by atoms with Crippen LogP contribution in [0.5, 0.6) is 11.5 Å². The monoisotopic (exact) mass is 862 g/mol. The molecule has 0 unspecified atom stereocenters. The number of fused-ring (bicyclic) bond motifs is 7. The Morgan fingerprint density at radius 1 is 0.477 bits per heavy atom. The lowest BCUT2D eigenvalue weighted by Crippen LogP contribution is -2.74. The van der Waals surface area contributed by atoms with Gasteiger partial charge < -0.3 is 9.15 Å². The maximum Gasteiger partial charge on any atom is 0.307 e. The molecule has 0 spiro atoms. The highest BCUT2D eigenvalue weighted by Crippen LogP contribution is 2.52. The summed E-state index contributed by atoms with van der Waals surface area (Å²) in [5.74, 6) is 2.46. The molecular formula is C60H54N2O2Si. The second-order valence-corrected chi connectivity index (χ2v) is 24.2. The summed E-state index contributed by atoms with van der Waals surface area (Å²) in [4.78, 5) is 5.25. The van der Waals surface area contributed by atoms with Crippen molar-refractivity contribution in [3.8, 4) is 33.8 Å². The predicted molar refractivity (Wildman–Crippen MR) is 273 cm³/mol. The topological polar surface area (TPSA) is 39.7 Å². The van der Waals surface area contributed by atoms with Crippen LogP contribution in [-0.2, 0) is 16.2 Å². The fraction of sp³-hybridized carbons (Fsp3) is 0.183. The molecule has 0 amide bonds. The lowest BCUT2D eigenvalue weighted by atomic mass is 9.74. The molecule has 0 bridgehead atoms. The highest BCUT2D eigenvalue weighted by atomic mass is 28.3. The average Bonchev–Trinajstić information content (AvgIpc) is 3.86. The van der Waals surface area contributed by atoms with Gasteiger partial charge in [-0.1, -0.05) is 213 Å². The van der Waals surface area contributed by atoms with E-state index in [0.29, 0.717) is 5.84 Å². The Labute approximate surface area is 383 Å². The number of hydrogen-bond acceptors (Lipinski definition) is 3. The van der Waals surface area contributed by atoms with Crippen LogP contribution in [0.25, 0.3) is 50.2 Å². The minimum Gasteiger partial charge on any atom is -0.456 e. The van der Waals surface area contributed by atoms with Crippen LogP contribution >= 0.6 is 0 Å². The Hall–Kier alpha value is -6.95. The van der Waals surface area contributed by atoms with Gasteiger partial charge in [0.25, 0.3) is 0 Å². The smallest absolute Gasteiger partial charge is 0.307 e. The lowest BCUT2D eigenvalue weighted by Gasteiger charge is -2.38. The summed E-state index contributed by atoms with van der Waals surface area (Å²) in [7, 11) is -3.12. The third-order valence-electron chi connectivity index (χ3n) is 13.9. The first-order valence-corrected chi connectivity index (χ1v) is 24.9. The van der Waals surface area contributed by atoms with Gasteiger partial charge in [0.2, 0.25) is 0 Å². The fourth-order valence-corrected chi connectivity index (χ4v) is 15.6. The summed E-state index contributed by atoms with van der Waals surface area (Å²) in [6.07, 6.45) is 0. The molecule has 0 aliphatic carbocycles. The van der Waals surface area contributed by atoms with Crippen LogP contribution in [-0.4, -0.2) is 17.5 Å². The van der Waals surface area contributed by atoms with E-state index < -0.39 is 8.07 Å². The zero-order chi connectivity index (χ0) is 44.9. The fourth-order valence-electron chi connectivity index (χ4n) is 10.8. The van der Waals surface area contributed by atoms with Crippen LogP contribution in [0.1, 0.15) is 77.6 Å². The maximum atomic E-state index is 7.03. The van der Waals surface area contributed by atoms with E-state index in [0.717, 1.165) is 44.8 Å². The molecule has 0 fully saturated rings. The molecule has 0 saturated heterocycles. The van der Waals surface area contributed by atoms with Crippen LogP contribution in [0.15, 0.2) is 186 Å². The van der Waals surface area contributed by atoms with E-state index >= 15 is 0 Å². The summed E-state index contributed by atoms with van der Waals surface area (Å²) in [6.45, 7) is 18.6. The molecule has 0 atom stereocenters. The molecule has 65 heavy (non-hydrogen) atoms. The largest absolute Gasteiger partial charge is 0.456 e. The normalized spacial score (nSPS) is 13.8. The van der Waals surface area contributed by atoms with E-state index in [1.54, 1.807) is 0 Å². The van der Waals surface area contributed by atoms with E-state index in [2.05, 4.69) is 230 Å². The molecule has 3 heterocycles. The van der Waals surface area contributed by atoms with E-state index in [1.807, 2.05) is 12.1 Å². The summed E-state index contributed by atoms with van der Waals surface area (Å²) in [5, 5.41) is 5.25. The first-order valence-electron chi connectivity index (χ1n) is 22.9. The van der Waals surface area contributed by atoms with Crippen LogP contribution in [0, 0.1) is 0 Å². The standard InChI is InChI=1S/C60H54N2O2Si/c1-58(2,3)47-35-33-41(37-45(47)43-25-20-30-52-55(43)61-57-62(52)51-29-16-18-32-54(51)64-57)65(39-21-11-9-12-22-39,40-23-13-10-14-24-40)42-34-36-48(59(4,5)6)46(38-42)44-26-19-28-50-56(44)63-53-31-17-15-27-49(53)60(50,7)8/h9-38H,1-8H3. The summed E-state index contributed by atoms with van der Waals surface area (Å²) in [5.41, 5.74) is 12.8. The summed E-state index contributed by atoms with van der Waals surface area (Å²) < 4.78 is 15.6. The number of aromatic nitrogens is 2. The molecule has 5 heteroatoms. The number of imidazole rings is 1. The number of ether oxygens (including phenoxy) is 1. The quantitative estimate of drug-likeness (QED) is 0.123. The van der Waals surface area contributed by atoms with Crippen molar-refractivity contribution in [3.63, 3.8) is 0 Å². The SMILES string of the molecule is CC(C)(C)c1ccc([Si](c2ccccc2)(c2ccccc2)c2ccc(C(C)(C)C)c(-c3cccc4c3nc3oc5ccccc5n34)c2)cc1-c1cccc2c1Oc1ccccc1C2(C)C. The molecule has 0 saturated carbocycles. The molecule has 1 aliphatic rings. The van der Waals surface area contributed by atoms with Gasteiger partial charge in [-0.25, -0.2) is 0 Å². The Bertz CT molecular complexity index is 3420. The molecule has 10 aromatic rings. The van der Waals surface area contributed by atoms with Crippen LogP contribution in [0.2, 0.25) is 0 Å². The van der Waals surface area contributed by atoms with Crippen LogP contribution in [0.3, 0.4) is 0 Å². The van der Waals surface area contributed by atoms with Gasteiger partial charge in [0.15, 0.2) is 13.7 Å². The second kappa shape index (κ2) is 14.8. The van der Waals surface area contributed by atoms with Crippen molar-refractivity contribution < 1.29 is 9.15 Å². The van der Waals surface area contributed by atoms with Crippen molar-refractivity contribution in [1.82, 2.24) is 9.38 Å². The molecule has 2 aromatic heterocycles. The van der Waals surface area contributed by atoms with Crippen molar-refractivity contribution in [2.75, 3.05) is 0 Å². The van der Waals surface area contributed by atoms with Gasteiger partial charge in [-0.05, 0) is 78.1 Å². The number of oxazole rings is 1. The van der Waals surface area contributed by atoms with Crippen LogP contribution in [0.4, 0.5) is 0 Å². The predicted octanol–water partition coefficient (Wildman–Crippen LogP) is 13.0. The molecule has 0 radical (unpaired) electrons. The third-order valence-corrected chi connectivity index (χ3v) is 18.7. The zero-order valence-corrected chi connectivity index (χ0v) is 39.5. The van der Waals surface area contributed by atoms with E-state index in [-0.39, 0.29) is 16.2 Å². The molecule has 8 aromatic carbocycles. The van der Waals surface area contributed by atoms with Gasteiger partial charge in [-0.2, -0.15) is 4.98 Å². The Morgan fingerprint density at radius 3 is 1.65 bits per heavy atom. The molecule has 320 valence electrons. The highest BCUT2D eigenvalue weighted by Gasteiger charge is 2.44. The van der Waals surface area contributed by atoms with E-state index in [9.17, 15) is 0 Å². The van der Waals surface area contributed by atoms with Crippen molar-refractivity contribution in [3.05, 3.63) is 204 Å². The number of hydrogen-bond donors (Lipinski definition) is 0. The van der Waals surface area contributed by atoms with Gasteiger partial charge in [0.05, 0.1) is 11.0 Å². The Kier molecular flexibility index (Phi) is 9.29. The number of nitrogens with zero attached hydrogens (tertiary/aromatic N) is 2. The minimum atomic E-state index is -3.12. The van der Waals surface area contributed by atoms with E-state index in [1.165, 1.54) is 54.1 Å². The zero-order valence-electron chi connectivity index (χ0n) is 38.5. The lowest BCUT2D eigenvalue weighted by molar-refractivity contribution is 0.419. The summed E-state index contributed by atoms with van der Waals surface area (Å²) in [6, 6.07) is 67.3. The van der Waals surface area contributed by atoms with Crippen molar-refractivity contribution in [2.24, 2.45) is 0 Å². The molecule has 4 nitrogen and oxygen atoms in total. The Balaban J connectivity index is 1.22. The number of rotatable bonds is 6. The Morgan fingerprint density at radius 2 is 1.00 bits per heavy atom. The number of benzene rings is 8. The highest BCUT2D eigenvalue weighted by molar-refractivity contribution is 7.20. The van der Waals surface area contributed by atoms with Gasteiger partial charge in [-0.15, -0.1) is 0 Å².